The number of carbonyl (C=O) groups is 1. The van der Waals surface area contributed by atoms with Gasteiger partial charge in [0.2, 0.25) is 5.91 Å². The Morgan fingerprint density at radius 3 is 2.62 bits per heavy atom. The molecule has 1 heterocycles. The van der Waals surface area contributed by atoms with Crippen LogP contribution < -0.4 is 10.2 Å². The van der Waals surface area contributed by atoms with Crippen molar-refractivity contribution in [2.24, 2.45) is 7.05 Å². The van der Waals surface area contributed by atoms with Crippen LogP contribution in [0.25, 0.3) is 0 Å². The second-order valence-electron chi connectivity index (χ2n) is 4.45. The van der Waals surface area contributed by atoms with Gasteiger partial charge in [0.05, 0.1) is 5.69 Å². The summed E-state index contributed by atoms with van der Waals surface area (Å²) in [5, 5.41) is 3.36. The lowest BCUT2D eigenvalue weighted by molar-refractivity contribution is -0.116. The summed E-state index contributed by atoms with van der Waals surface area (Å²) in [5.41, 5.74) is 2.12. The molecule has 1 rings (SSSR count). The van der Waals surface area contributed by atoms with Crippen LogP contribution in [0.1, 0.15) is 26.3 Å². The Balaban J connectivity index is 2.87. The average molecular weight is 223 g/mol. The van der Waals surface area contributed by atoms with Crippen molar-refractivity contribution in [3.63, 3.8) is 0 Å². The number of nitrogens with one attached hydrogen (secondary N) is 1. The van der Waals surface area contributed by atoms with Crippen molar-refractivity contribution in [2.75, 3.05) is 11.9 Å². The topological polar surface area (TPSA) is 37.3 Å². The third-order valence-corrected chi connectivity index (χ3v) is 2.55. The molecule has 0 saturated heterocycles. The maximum atomic E-state index is 11.3. The first kappa shape index (κ1) is 12.8. The molecule has 4 heteroatoms. The van der Waals surface area contributed by atoms with E-state index in [9.17, 15) is 4.79 Å². The molecular formula is C12H21N3O. The van der Waals surface area contributed by atoms with Crippen molar-refractivity contribution in [1.82, 2.24) is 9.88 Å². The van der Waals surface area contributed by atoms with E-state index in [0.717, 1.165) is 17.8 Å². The van der Waals surface area contributed by atoms with Crippen molar-refractivity contribution in [3.05, 3.63) is 18.0 Å². The lowest BCUT2D eigenvalue weighted by Crippen LogP contribution is -2.26. The molecule has 1 aromatic rings. The Bertz CT molecular complexity index is 368. The van der Waals surface area contributed by atoms with E-state index in [1.807, 2.05) is 24.0 Å². The second-order valence-corrected chi connectivity index (χ2v) is 4.45. The van der Waals surface area contributed by atoms with Crippen molar-refractivity contribution < 1.29 is 4.79 Å². The van der Waals surface area contributed by atoms with E-state index >= 15 is 0 Å². The van der Waals surface area contributed by atoms with Crippen molar-refractivity contribution in [1.29, 1.82) is 0 Å². The number of amides is 1. The molecule has 0 spiro atoms. The van der Waals surface area contributed by atoms with Gasteiger partial charge in [0.25, 0.3) is 0 Å². The third kappa shape index (κ3) is 3.10. The normalized spacial score (nSPS) is 10.9. The molecular weight excluding hydrogens is 202 g/mol. The summed E-state index contributed by atoms with van der Waals surface area (Å²) in [6.07, 6.45) is 4.02. The first-order valence-electron chi connectivity index (χ1n) is 5.54. The summed E-state index contributed by atoms with van der Waals surface area (Å²) in [6.45, 7) is 6.58. The molecule has 0 aliphatic heterocycles. The van der Waals surface area contributed by atoms with Crippen LogP contribution in [-0.4, -0.2) is 23.6 Å². The average Bonchev–Trinajstić information content (AvgIpc) is 2.55. The molecule has 0 unspecified atom stereocenters. The molecule has 0 aliphatic carbocycles. The second kappa shape index (κ2) is 5.16. The van der Waals surface area contributed by atoms with Gasteiger partial charge in [-0.15, -0.1) is 0 Å². The van der Waals surface area contributed by atoms with E-state index < -0.39 is 0 Å². The number of nitrogens with zero attached hydrogens (tertiary/aromatic N) is 2. The third-order valence-electron chi connectivity index (χ3n) is 2.55. The van der Waals surface area contributed by atoms with Gasteiger partial charge in [-0.2, -0.15) is 0 Å². The number of rotatable bonds is 4. The highest BCUT2D eigenvalue weighted by Crippen LogP contribution is 2.20. The van der Waals surface area contributed by atoms with Crippen LogP contribution in [0.3, 0.4) is 0 Å². The number of aryl methyl sites for hydroxylation is 1. The van der Waals surface area contributed by atoms with Crippen LogP contribution in [0.4, 0.5) is 5.69 Å². The predicted molar refractivity (Wildman–Crippen MR) is 66.5 cm³/mol. The molecule has 1 amide bonds. The Morgan fingerprint density at radius 2 is 2.12 bits per heavy atom. The van der Waals surface area contributed by atoms with Crippen LogP contribution >= 0.6 is 0 Å². The van der Waals surface area contributed by atoms with Crippen LogP contribution in [0.15, 0.2) is 12.4 Å². The zero-order valence-corrected chi connectivity index (χ0v) is 10.7. The van der Waals surface area contributed by atoms with Gasteiger partial charge in [0.15, 0.2) is 0 Å². The maximum absolute atomic E-state index is 11.3. The number of hydrogen-bond donors (Lipinski definition) is 1. The van der Waals surface area contributed by atoms with Gasteiger partial charge in [0.1, 0.15) is 0 Å². The lowest BCUT2D eigenvalue weighted by Gasteiger charge is -2.16. The van der Waals surface area contributed by atoms with E-state index in [2.05, 4.69) is 19.2 Å². The smallest absolute Gasteiger partial charge is 0.223 e. The number of carbonyl (C=O) groups excluding carboxylic acids is 1. The van der Waals surface area contributed by atoms with E-state index in [1.165, 1.54) is 0 Å². The largest absolute Gasteiger partial charge is 0.355 e. The molecule has 0 saturated carbocycles. The molecule has 90 valence electrons. The summed E-state index contributed by atoms with van der Waals surface area (Å²) >= 11 is 0. The highest BCUT2D eigenvalue weighted by atomic mass is 16.2. The fraction of sp³-hybridized carbons (Fsp3) is 0.583. The SMILES string of the molecule is CC(=O)N(C)c1cn(C)cc1CNC(C)C. The summed E-state index contributed by atoms with van der Waals surface area (Å²) in [7, 11) is 3.77. The first-order valence-corrected chi connectivity index (χ1v) is 5.54. The van der Waals surface area contributed by atoms with Gasteiger partial charge in [-0.3, -0.25) is 4.79 Å². The Labute approximate surface area is 97.2 Å². The van der Waals surface area contributed by atoms with Gasteiger partial charge in [-0.05, 0) is 0 Å². The molecule has 0 radical (unpaired) electrons. The van der Waals surface area contributed by atoms with Crippen LogP contribution in [0.2, 0.25) is 0 Å². The number of hydrogen-bond acceptors (Lipinski definition) is 2. The van der Waals surface area contributed by atoms with Crippen LogP contribution in [0, 0.1) is 0 Å². The molecule has 4 nitrogen and oxygen atoms in total. The van der Waals surface area contributed by atoms with Gasteiger partial charge in [-0.25, -0.2) is 0 Å². The van der Waals surface area contributed by atoms with Crippen molar-refractivity contribution >= 4 is 11.6 Å². The lowest BCUT2D eigenvalue weighted by atomic mass is 10.2. The minimum absolute atomic E-state index is 0.0528. The summed E-state index contributed by atoms with van der Waals surface area (Å²) in [4.78, 5) is 13.0. The quantitative estimate of drug-likeness (QED) is 0.840. The van der Waals surface area contributed by atoms with Crippen molar-refractivity contribution in [2.45, 2.75) is 33.4 Å². The van der Waals surface area contributed by atoms with Gasteiger partial charge >= 0.3 is 0 Å². The zero-order valence-electron chi connectivity index (χ0n) is 10.7. The minimum Gasteiger partial charge on any atom is -0.355 e. The summed E-state index contributed by atoms with van der Waals surface area (Å²) in [6, 6.07) is 0.440. The van der Waals surface area contributed by atoms with Crippen molar-refractivity contribution in [3.8, 4) is 0 Å². The first-order chi connectivity index (χ1) is 7.41. The molecule has 1 aromatic heterocycles. The summed E-state index contributed by atoms with van der Waals surface area (Å²) < 4.78 is 1.98. The Kier molecular flexibility index (Phi) is 4.12. The highest BCUT2D eigenvalue weighted by Gasteiger charge is 2.12. The molecule has 1 N–H and O–H groups in total. The van der Waals surface area contributed by atoms with Crippen LogP contribution in [0.5, 0.6) is 0 Å². The van der Waals surface area contributed by atoms with E-state index in [-0.39, 0.29) is 5.91 Å². The Morgan fingerprint density at radius 1 is 1.50 bits per heavy atom. The molecule has 0 fully saturated rings. The fourth-order valence-electron chi connectivity index (χ4n) is 1.55. The molecule has 0 aromatic carbocycles. The zero-order chi connectivity index (χ0) is 12.3. The fourth-order valence-corrected chi connectivity index (χ4v) is 1.55. The number of aromatic nitrogens is 1. The molecule has 0 bridgehead atoms. The molecule has 16 heavy (non-hydrogen) atoms. The van der Waals surface area contributed by atoms with Gasteiger partial charge in [0, 0.05) is 51.6 Å². The van der Waals surface area contributed by atoms with E-state index in [1.54, 1.807) is 18.9 Å². The van der Waals surface area contributed by atoms with E-state index in [0.29, 0.717) is 6.04 Å². The van der Waals surface area contributed by atoms with Gasteiger partial charge < -0.3 is 14.8 Å². The highest BCUT2D eigenvalue weighted by molar-refractivity contribution is 5.91. The molecule has 0 atom stereocenters. The molecule has 0 aliphatic rings. The minimum atomic E-state index is 0.0528. The maximum Gasteiger partial charge on any atom is 0.223 e. The van der Waals surface area contributed by atoms with Gasteiger partial charge in [-0.1, -0.05) is 13.8 Å². The van der Waals surface area contributed by atoms with E-state index in [4.69, 9.17) is 0 Å². The predicted octanol–water partition coefficient (Wildman–Crippen LogP) is 1.51. The standard InChI is InChI=1S/C12H21N3O/c1-9(2)13-6-11-7-14(4)8-12(11)15(5)10(3)16/h7-9,13H,6H2,1-5H3. The number of anilines is 1. The van der Waals surface area contributed by atoms with Crippen LogP contribution in [-0.2, 0) is 18.4 Å². The Hall–Kier alpha value is -1.29. The monoisotopic (exact) mass is 223 g/mol. The summed E-state index contributed by atoms with van der Waals surface area (Å²) in [5.74, 6) is 0.0528.